The molecule has 1 heterocycles. The van der Waals surface area contributed by atoms with Gasteiger partial charge in [-0.1, -0.05) is 78.9 Å². The smallest absolute Gasteiger partial charge is 0.322 e. The number of anilines is 1. The number of nitrogens with zero attached hydrogens (tertiary/aromatic N) is 1. The number of hydrogen-bond acceptors (Lipinski definition) is 4. The molecule has 6 nitrogen and oxygen atoms in total. The quantitative estimate of drug-likeness (QED) is 0.153. The van der Waals surface area contributed by atoms with Crippen LogP contribution < -0.4 is 10.2 Å². The molecule has 1 unspecified atom stereocenters. The zero-order chi connectivity index (χ0) is 29.9. The van der Waals surface area contributed by atoms with Crippen LogP contribution in [0.1, 0.15) is 36.1 Å². The first-order valence-electron chi connectivity index (χ1n) is 14.2. The van der Waals surface area contributed by atoms with Gasteiger partial charge in [-0.2, -0.15) is 0 Å². The van der Waals surface area contributed by atoms with E-state index in [4.69, 9.17) is 0 Å². The average Bonchev–Trinajstić information content (AvgIpc) is 3.36. The van der Waals surface area contributed by atoms with E-state index in [-0.39, 0.29) is 23.3 Å². The molecule has 1 aliphatic heterocycles. The summed E-state index contributed by atoms with van der Waals surface area (Å²) in [7, 11) is 0. The fraction of sp³-hybridized carbons (Fsp3) is 0.139. The van der Waals surface area contributed by atoms with E-state index in [1.54, 1.807) is 47.4 Å². The van der Waals surface area contributed by atoms with Crippen LogP contribution >= 0.6 is 0 Å². The Balaban J connectivity index is 1.33. The number of phenolic OH excluding ortho intramolecular Hbond substituents is 2. The molecule has 5 aromatic rings. The minimum absolute atomic E-state index is 0.0114. The first-order valence-corrected chi connectivity index (χ1v) is 14.2. The van der Waals surface area contributed by atoms with Gasteiger partial charge < -0.3 is 20.6 Å². The maximum atomic E-state index is 13.5. The van der Waals surface area contributed by atoms with Crippen LogP contribution in [0, 0.1) is 5.82 Å². The third-order valence-electron chi connectivity index (χ3n) is 7.97. The third-order valence-corrected chi connectivity index (χ3v) is 7.97. The monoisotopic (exact) mass is 574 g/mol. The van der Waals surface area contributed by atoms with E-state index in [0.29, 0.717) is 29.7 Å². The number of carbonyl (C=O) groups excluding carboxylic acids is 1. The second-order valence-corrected chi connectivity index (χ2v) is 10.8. The number of amides is 2. The second kappa shape index (κ2) is 12.0. The zero-order valence-electron chi connectivity index (χ0n) is 23.3. The molecule has 1 fully saturated rings. The summed E-state index contributed by atoms with van der Waals surface area (Å²) in [6, 6.07) is 34.1. The Labute approximate surface area is 249 Å². The van der Waals surface area contributed by atoms with Crippen LogP contribution in [0.2, 0.25) is 0 Å². The Hall–Kier alpha value is -5.14. The van der Waals surface area contributed by atoms with E-state index in [9.17, 15) is 24.5 Å². The number of benzene rings is 5. The summed E-state index contributed by atoms with van der Waals surface area (Å²) in [5.41, 5.74) is 5.35. The number of aliphatic hydroxyl groups is 1. The average molecular weight is 575 g/mol. The molecule has 0 saturated carbocycles. The van der Waals surface area contributed by atoms with Crippen molar-refractivity contribution in [2.75, 3.05) is 4.90 Å². The maximum Gasteiger partial charge on any atom is 0.322 e. The first kappa shape index (κ1) is 28.0. The number of carbonyl (C=O) groups is 1. The molecule has 43 heavy (non-hydrogen) atoms. The molecular weight excluding hydrogens is 543 g/mol. The number of phenols is 2. The number of hydrogen-bond donors (Lipinski definition) is 4. The predicted octanol–water partition coefficient (Wildman–Crippen LogP) is 7.72. The molecule has 2 amide bonds. The Kier molecular flexibility index (Phi) is 7.81. The largest absolute Gasteiger partial charge is 0.508 e. The van der Waals surface area contributed by atoms with Crippen molar-refractivity contribution in [2.24, 2.45) is 0 Å². The Morgan fingerprint density at radius 2 is 1.40 bits per heavy atom. The van der Waals surface area contributed by atoms with Gasteiger partial charge in [0.2, 0.25) is 0 Å². The zero-order valence-corrected chi connectivity index (χ0v) is 23.3. The lowest BCUT2D eigenvalue weighted by atomic mass is 9.91. The molecule has 1 saturated heterocycles. The van der Waals surface area contributed by atoms with E-state index in [1.807, 2.05) is 66.7 Å². The molecule has 0 bridgehead atoms. The van der Waals surface area contributed by atoms with Gasteiger partial charge >= 0.3 is 6.03 Å². The summed E-state index contributed by atoms with van der Waals surface area (Å²) >= 11 is 0. The summed E-state index contributed by atoms with van der Waals surface area (Å²) in [6.45, 7) is 0. The molecule has 0 aliphatic carbocycles. The standard InChI is InChI=1S/C36H31FN2O4/c37-28-14-9-25(10-15-28)33(41)20-19-32-35(31-18-13-27(22-34(31)42)26-7-4-8-30(40)21-26)39(36(43)38-32)29-16-11-24(12-17-29)23-5-2-1-3-6-23/h1-18,21-22,32-33,35,40-42H,19-20H2,(H,38,43)/t32-,33?,35+/m0/s1. The van der Waals surface area contributed by atoms with Crippen molar-refractivity contribution >= 4 is 11.7 Å². The topological polar surface area (TPSA) is 93.0 Å². The number of aromatic hydroxyl groups is 2. The van der Waals surface area contributed by atoms with Crippen LogP contribution in [0.5, 0.6) is 11.5 Å². The lowest BCUT2D eigenvalue weighted by Crippen LogP contribution is -2.29. The van der Waals surface area contributed by atoms with Crippen LogP contribution in [0.25, 0.3) is 22.3 Å². The third kappa shape index (κ3) is 5.94. The number of nitrogens with one attached hydrogen (secondary N) is 1. The van der Waals surface area contributed by atoms with Crippen LogP contribution in [-0.2, 0) is 0 Å². The van der Waals surface area contributed by atoms with E-state index in [0.717, 1.165) is 22.3 Å². The van der Waals surface area contributed by atoms with Crippen molar-refractivity contribution < 1.29 is 24.5 Å². The number of halogens is 1. The highest BCUT2D eigenvalue weighted by Crippen LogP contribution is 2.42. The molecule has 3 atom stereocenters. The lowest BCUT2D eigenvalue weighted by molar-refractivity contribution is 0.159. The molecule has 5 aromatic carbocycles. The van der Waals surface area contributed by atoms with E-state index >= 15 is 0 Å². The molecule has 0 aromatic heterocycles. The number of urea groups is 1. The second-order valence-electron chi connectivity index (χ2n) is 10.8. The maximum absolute atomic E-state index is 13.5. The van der Waals surface area contributed by atoms with Crippen LogP contribution in [-0.4, -0.2) is 27.4 Å². The van der Waals surface area contributed by atoms with Gasteiger partial charge in [-0.05, 0) is 83.1 Å². The molecule has 6 rings (SSSR count). The highest BCUT2D eigenvalue weighted by atomic mass is 19.1. The molecule has 0 radical (unpaired) electrons. The van der Waals surface area contributed by atoms with Gasteiger partial charge in [-0.25, -0.2) is 9.18 Å². The van der Waals surface area contributed by atoms with Crippen molar-refractivity contribution in [2.45, 2.75) is 31.0 Å². The van der Waals surface area contributed by atoms with Gasteiger partial charge in [0.05, 0.1) is 18.2 Å². The molecule has 7 heteroatoms. The number of aliphatic hydroxyl groups excluding tert-OH is 1. The normalized spacial score (nSPS) is 17.1. The molecule has 4 N–H and O–H groups in total. The van der Waals surface area contributed by atoms with Gasteiger partial charge in [-0.15, -0.1) is 0 Å². The highest BCUT2D eigenvalue weighted by molar-refractivity contribution is 5.96. The SMILES string of the molecule is O=C1N[C@@H](CCC(O)c2ccc(F)cc2)[C@@H](c2ccc(-c3cccc(O)c3)cc2O)N1c1ccc(-c2ccccc2)cc1. The van der Waals surface area contributed by atoms with Gasteiger partial charge in [0.15, 0.2) is 0 Å². The molecule has 216 valence electrons. The minimum Gasteiger partial charge on any atom is -0.508 e. The summed E-state index contributed by atoms with van der Waals surface area (Å²) < 4.78 is 13.4. The summed E-state index contributed by atoms with van der Waals surface area (Å²) in [5.74, 6) is -0.244. The Morgan fingerprint density at radius 1 is 0.744 bits per heavy atom. The first-order chi connectivity index (χ1) is 20.9. The van der Waals surface area contributed by atoms with Gasteiger partial charge in [0.1, 0.15) is 17.3 Å². The predicted molar refractivity (Wildman–Crippen MR) is 165 cm³/mol. The number of rotatable bonds is 8. The summed E-state index contributed by atoms with van der Waals surface area (Å²) in [6.07, 6.45) is -0.129. The lowest BCUT2D eigenvalue weighted by Gasteiger charge is -2.28. The van der Waals surface area contributed by atoms with E-state index in [1.165, 1.54) is 12.1 Å². The Morgan fingerprint density at radius 3 is 2.09 bits per heavy atom. The van der Waals surface area contributed by atoms with Crippen molar-refractivity contribution in [3.8, 4) is 33.8 Å². The van der Waals surface area contributed by atoms with Crippen molar-refractivity contribution in [3.05, 3.63) is 138 Å². The van der Waals surface area contributed by atoms with Crippen molar-refractivity contribution in [1.82, 2.24) is 5.32 Å². The molecule has 0 spiro atoms. The molecule has 1 aliphatic rings. The van der Waals surface area contributed by atoms with E-state index in [2.05, 4.69) is 5.32 Å². The van der Waals surface area contributed by atoms with Crippen molar-refractivity contribution in [1.29, 1.82) is 0 Å². The van der Waals surface area contributed by atoms with Crippen LogP contribution in [0.3, 0.4) is 0 Å². The van der Waals surface area contributed by atoms with Crippen LogP contribution in [0.4, 0.5) is 14.9 Å². The minimum atomic E-state index is -0.848. The van der Waals surface area contributed by atoms with Gasteiger partial charge in [0, 0.05) is 11.3 Å². The fourth-order valence-corrected chi connectivity index (χ4v) is 5.77. The van der Waals surface area contributed by atoms with Gasteiger partial charge in [-0.3, -0.25) is 4.90 Å². The van der Waals surface area contributed by atoms with Crippen LogP contribution in [0.15, 0.2) is 121 Å². The van der Waals surface area contributed by atoms with E-state index < -0.39 is 18.2 Å². The van der Waals surface area contributed by atoms with Crippen molar-refractivity contribution in [3.63, 3.8) is 0 Å². The summed E-state index contributed by atoms with van der Waals surface area (Å²) in [5, 5.41) is 35.1. The Bertz CT molecular complexity index is 1730. The fourth-order valence-electron chi connectivity index (χ4n) is 5.77. The summed E-state index contributed by atoms with van der Waals surface area (Å²) in [4.78, 5) is 15.2. The molecular formula is C36H31FN2O4. The highest BCUT2D eigenvalue weighted by Gasteiger charge is 2.42. The van der Waals surface area contributed by atoms with Gasteiger partial charge in [0.25, 0.3) is 0 Å².